The maximum absolute atomic E-state index is 13.4. The first-order chi connectivity index (χ1) is 14.9. The number of piperidine rings is 1. The molecule has 2 fully saturated rings. The Morgan fingerprint density at radius 1 is 0.903 bits per heavy atom. The first kappa shape index (κ1) is 21.6. The fourth-order valence-electron chi connectivity index (χ4n) is 4.87. The maximum atomic E-state index is 13.4. The van der Waals surface area contributed by atoms with Crippen LogP contribution in [0.25, 0.3) is 5.82 Å². The lowest BCUT2D eigenvalue weighted by molar-refractivity contribution is -0.137. The number of aryl methyl sites for hydroxylation is 3. The van der Waals surface area contributed by atoms with Crippen molar-refractivity contribution in [3.8, 4) is 5.82 Å². The van der Waals surface area contributed by atoms with Gasteiger partial charge in [0.25, 0.3) is 5.91 Å². The lowest BCUT2D eigenvalue weighted by atomic mass is 10.1. The van der Waals surface area contributed by atoms with Crippen molar-refractivity contribution in [1.82, 2.24) is 29.0 Å². The number of piperazine rings is 1. The van der Waals surface area contributed by atoms with E-state index in [9.17, 15) is 9.59 Å². The van der Waals surface area contributed by atoms with Crippen molar-refractivity contribution in [3.05, 3.63) is 35.3 Å². The van der Waals surface area contributed by atoms with Crippen LogP contribution >= 0.6 is 0 Å². The number of aromatic nitrogens is 3. The molecule has 2 amide bonds. The van der Waals surface area contributed by atoms with Crippen molar-refractivity contribution in [3.63, 3.8) is 0 Å². The molecule has 0 bridgehead atoms. The zero-order valence-electron chi connectivity index (χ0n) is 19.2. The van der Waals surface area contributed by atoms with Gasteiger partial charge in [-0.2, -0.15) is 5.10 Å². The fraction of sp³-hybridized carbons (Fsp3) is 0.609. The van der Waals surface area contributed by atoms with Crippen LogP contribution in [0.2, 0.25) is 0 Å². The Balaban J connectivity index is 1.43. The monoisotopic (exact) mass is 426 g/mol. The van der Waals surface area contributed by atoms with E-state index in [1.807, 2.05) is 37.6 Å². The average Bonchev–Trinajstić information content (AvgIpc) is 3.33. The van der Waals surface area contributed by atoms with Crippen molar-refractivity contribution < 1.29 is 9.59 Å². The summed E-state index contributed by atoms with van der Waals surface area (Å²) in [7, 11) is 1.87. The van der Waals surface area contributed by atoms with Crippen molar-refractivity contribution in [1.29, 1.82) is 0 Å². The molecule has 0 saturated carbocycles. The molecular weight excluding hydrogens is 392 g/mol. The number of hydrogen-bond donors (Lipinski definition) is 0. The van der Waals surface area contributed by atoms with Crippen molar-refractivity contribution >= 4 is 11.8 Å². The zero-order valence-corrected chi connectivity index (χ0v) is 19.2. The molecule has 8 nitrogen and oxygen atoms in total. The SMILES string of the molecule is Cc1ccc(C)n1-c1c(C(=O)N2CCN(C(C)C(=O)N3CCCCC3)CC2)cnn1C. The van der Waals surface area contributed by atoms with Crippen LogP contribution in [0.5, 0.6) is 0 Å². The predicted octanol–water partition coefficient (Wildman–Crippen LogP) is 1.99. The highest BCUT2D eigenvalue weighted by Crippen LogP contribution is 2.22. The molecule has 0 spiro atoms. The van der Waals surface area contributed by atoms with Gasteiger partial charge in [-0.1, -0.05) is 0 Å². The summed E-state index contributed by atoms with van der Waals surface area (Å²) in [6, 6.07) is 3.97. The molecular formula is C23H34N6O2. The van der Waals surface area contributed by atoms with Crippen molar-refractivity contribution in [2.24, 2.45) is 7.05 Å². The summed E-state index contributed by atoms with van der Waals surface area (Å²) in [5, 5.41) is 4.38. The summed E-state index contributed by atoms with van der Waals surface area (Å²) in [4.78, 5) is 32.4. The highest BCUT2D eigenvalue weighted by atomic mass is 16.2. The van der Waals surface area contributed by atoms with E-state index < -0.39 is 0 Å². The Bertz CT molecular complexity index is 928. The summed E-state index contributed by atoms with van der Waals surface area (Å²) in [6.07, 6.45) is 5.10. The van der Waals surface area contributed by atoms with Gasteiger partial charge in [0.05, 0.1) is 12.2 Å². The first-order valence-electron chi connectivity index (χ1n) is 11.4. The fourth-order valence-corrected chi connectivity index (χ4v) is 4.87. The largest absolute Gasteiger partial charge is 0.341 e. The van der Waals surface area contributed by atoms with E-state index in [0.717, 1.165) is 43.1 Å². The van der Waals surface area contributed by atoms with Crippen molar-refractivity contribution in [2.45, 2.75) is 46.1 Å². The molecule has 8 heteroatoms. The highest BCUT2D eigenvalue weighted by Gasteiger charge is 2.32. The lowest BCUT2D eigenvalue weighted by Gasteiger charge is -2.39. The molecule has 2 aromatic heterocycles. The quantitative estimate of drug-likeness (QED) is 0.750. The minimum Gasteiger partial charge on any atom is -0.341 e. The molecule has 4 rings (SSSR count). The van der Waals surface area contributed by atoms with Crippen LogP contribution < -0.4 is 0 Å². The molecule has 0 radical (unpaired) electrons. The molecule has 2 aliphatic rings. The van der Waals surface area contributed by atoms with Gasteiger partial charge in [0.15, 0.2) is 0 Å². The molecule has 0 aliphatic carbocycles. The van der Waals surface area contributed by atoms with Crippen LogP contribution in [0.15, 0.2) is 18.3 Å². The second kappa shape index (κ2) is 8.86. The third-order valence-electron chi connectivity index (χ3n) is 6.80. The van der Waals surface area contributed by atoms with E-state index in [4.69, 9.17) is 0 Å². The number of rotatable bonds is 4. The van der Waals surface area contributed by atoms with Crippen LogP contribution in [-0.2, 0) is 11.8 Å². The Hall–Kier alpha value is -2.61. The van der Waals surface area contributed by atoms with E-state index in [0.29, 0.717) is 31.7 Å². The van der Waals surface area contributed by atoms with Crippen LogP contribution in [0.4, 0.5) is 0 Å². The van der Waals surface area contributed by atoms with Gasteiger partial charge in [-0.15, -0.1) is 0 Å². The molecule has 1 atom stereocenters. The third-order valence-corrected chi connectivity index (χ3v) is 6.80. The molecule has 2 aromatic rings. The summed E-state index contributed by atoms with van der Waals surface area (Å²) in [6.45, 7) is 10.5. The van der Waals surface area contributed by atoms with Gasteiger partial charge in [-0.05, 0) is 52.2 Å². The number of carbonyl (C=O) groups excluding carboxylic acids is 2. The molecule has 2 aliphatic heterocycles. The number of hydrogen-bond acceptors (Lipinski definition) is 4. The summed E-state index contributed by atoms with van der Waals surface area (Å²) >= 11 is 0. The molecule has 31 heavy (non-hydrogen) atoms. The average molecular weight is 427 g/mol. The van der Waals surface area contributed by atoms with Crippen LogP contribution in [0, 0.1) is 13.8 Å². The molecule has 0 N–H and O–H groups in total. The van der Waals surface area contributed by atoms with Gasteiger partial charge in [-0.25, -0.2) is 0 Å². The minimum atomic E-state index is -0.130. The van der Waals surface area contributed by atoms with E-state index in [-0.39, 0.29) is 17.9 Å². The van der Waals surface area contributed by atoms with Gasteiger partial charge in [0, 0.05) is 57.7 Å². The van der Waals surface area contributed by atoms with Crippen LogP contribution in [0.3, 0.4) is 0 Å². The van der Waals surface area contributed by atoms with E-state index in [1.165, 1.54) is 6.42 Å². The van der Waals surface area contributed by atoms with Gasteiger partial charge in [0.2, 0.25) is 5.91 Å². The van der Waals surface area contributed by atoms with Gasteiger partial charge in [-0.3, -0.25) is 19.2 Å². The molecule has 2 saturated heterocycles. The van der Waals surface area contributed by atoms with E-state index in [1.54, 1.807) is 10.9 Å². The van der Waals surface area contributed by atoms with E-state index >= 15 is 0 Å². The number of likely N-dealkylation sites (tertiary alicyclic amines) is 1. The number of nitrogens with zero attached hydrogens (tertiary/aromatic N) is 6. The molecule has 0 aromatic carbocycles. The second-order valence-corrected chi connectivity index (χ2v) is 8.85. The summed E-state index contributed by atoms with van der Waals surface area (Å²) in [5.41, 5.74) is 2.77. The van der Waals surface area contributed by atoms with Gasteiger partial charge < -0.3 is 14.4 Å². The summed E-state index contributed by atoms with van der Waals surface area (Å²) < 4.78 is 3.85. The molecule has 4 heterocycles. The topological polar surface area (TPSA) is 66.6 Å². The Morgan fingerprint density at radius 3 is 2.13 bits per heavy atom. The molecule has 1 unspecified atom stereocenters. The highest BCUT2D eigenvalue weighted by molar-refractivity contribution is 5.97. The first-order valence-corrected chi connectivity index (χ1v) is 11.4. The molecule has 168 valence electrons. The Labute approximate surface area is 184 Å². The summed E-state index contributed by atoms with van der Waals surface area (Å²) in [5.74, 6) is 1.04. The normalized spacial score (nSPS) is 19.0. The van der Waals surface area contributed by atoms with Crippen LogP contribution in [-0.4, -0.2) is 86.2 Å². The maximum Gasteiger partial charge on any atom is 0.259 e. The van der Waals surface area contributed by atoms with E-state index in [2.05, 4.69) is 26.7 Å². The number of carbonyl (C=O) groups is 2. The minimum absolute atomic E-state index is 0.00487. The Morgan fingerprint density at radius 2 is 1.52 bits per heavy atom. The lowest BCUT2D eigenvalue weighted by Crippen LogP contribution is -2.56. The van der Waals surface area contributed by atoms with Crippen molar-refractivity contribution in [2.75, 3.05) is 39.3 Å². The predicted molar refractivity (Wildman–Crippen MR) is 119 cm³/mol. The van der Waals surface area contributed by atoms with Gasteiger partial charge >= 0.3 is 0 Å². The smallest absolute Gasteiger partial charge is 0.259 e. The Kier molecular flexibility index (Phi) is 6.18. The third kappa shape index (κ3) is 4.13. The van der Waals surface area contributed by atoms with Gasteiger partial charge in [0.1, 0.15) is 11.4 Å². The van der Waals surface area contributed by atoms with Crippen LogP contribution in [0.1, 0.15) is 47.9 Å². The standard InChI is InChI=1S/C23H34N6O2/c1-17-8-9-18(2)29(17)21-20(16-24-25(21)4)23(31)28-14-12-26(13-15-28)19(3)22(30)27-10-6-5-7-11-27/h8-9,16,19H,5-7,10-15H2,1-4H3. The zero-order chi connectivity index (χ0) is 22.1. The second-order valence-electron chi connectivity index (χ2n) is 8.85. The number of amides is 2.